The first kappa shape index (κ1) is 53.7. The number of benzene rings is 4. The van der Waals surface area contributed by atoms with Crippen LogP contribution in [0.15, 0.2) is 78.9 Å². The number of piperidine rings is 2. The molecule has 4 saturated heterocycles. The Hall–Kier alpha value is -7.08. The summed E-state index contributed by atoms with van der Waals surface area (Å²) in [6.07, 6.45) is 12.1. The molecule has 0 bridgehead atoms. The molecule has 0 spiro atoms. The molecule has 0 saturated carbocycles. The van der Waals surface area contributed by atoms with Gasteiger partial charge in [-0.2, -0.15) is 5.10 Å². The Labute approximate surface area is 444 Å². The molecule has 5 amide bonds. The minimum Gasteiger partial charge on any atom is -0.381 e. The predicted octanol–water partition coefficient (Wildman–Crippen LogP) is 8.31. The summed E-state index contributed by atoms with van der Waals surface area (Å²) in [6.45, 7) is 7.92. The van der Waals surface area contributed by atoms with Crippen LogP contribution in [0.25, 0.3) is 10.9 Å². The summed E-state index contributed by atoms with van der Waals surface area (Å²) in [7, 11) is 2.12. The zero-order valence-electron chi connectivity index (χ0n) is 43.8. The topological polar surface area (TPSA) is 178 Å². The summed E-state index contributed by atoms with van der Waals surface area (Å²) in [5.74, 6) is -1.29. The van der Waals surface area contributed by atoms with E-state index in [1.807, 2.05) is 64.4 Å². The first-order valence-corrected chi connectivity index (χ1v) is 27.5. The molecule has 4 aromatic carbocycles. The number of hydrogen-bond acceptors (Lipinski definition) is 11. The smallest absolute Gasteiger partial charge is 0.258 e. The molecule has 5 N–H and O–H groups in total. The molecule has 0 radical (unpaired) electrons. The van der Waals surface area contributed by atoms with Gasteiger partial charge in [0.25, 0.3) is 5.91 Å². The number of fused-ring (bicyclic) bond motifs is 1. The Morgan fingerprint density at radius 1 is 0.632 bits per heavy atom. The zero-order valence-corrected chi connectivity index (χ0v) is 43.8. The Morgan fingerprint density at radius 3 is 1.89 bits per heavy atom. The number of nitrogens with one attached hydrogen (secondary N) is 5. The molecule has 5 heterocycles. The molecular formula is C58H73F2N11O5. The van der Waals surface area contributed by atoms with E-state index >= 15 is 0 Å². The molecule has 1 unspecified atom stereocenters. The lowest BCUT2D eigenvalue weighted by molar-refractivity contribution is -0.134. The van der Waals surface area contributed by atoms with Gasteiger partial charge in [-0.1, -0.05) is 44.6 Å². The van der Waals surface area contributed by atoms with E-state index in [0.29, 0.717) is 80.6 Å². The molecule has 4 fully saturated rings. The van der Waals surface area contributed by atoms with E-state index in [4.69, 9.17) is 0 Å². The summed E-state index contributed by atoms with van der Waals surface area (Å²) in [5.41, 5.74) is 6.23. The van der Waals surface area contributed by atoms with Crippen molar-refractivity contribution >= 4 is 69.0 Å². The van der Waals surface area contributed by atoms with Crippen LogP contribution in [0.4, 0.5) is 37.3 Å². The van der Waals surface area contributed by atoms with Crippen molar-refractivity contribution in [3.8, 4) is 0 Å². The van der Waals surface area contributed by atoms with Crippen molar-refractivity contribution in [1.82, 2.24) is 30.2 Å². The highest BCUT2D eigenvalue weighted by atomic mass is 19.1. The third-order valence-electron chi connectivity index (χ3n) is 15.5. The van der Waals surface area contributed by atoms with Gasteiger partial charge in [-0.15, -0.1) is 0 Å². The standard InChI is InChI=1S/C58H73F2N11O5/c1-67-26-28-69(29-27-67)47-17-18-48(57(75)64-56-49-37-40(12-19-50(49)65-66-56)34-41-35-42(59)38-43(60)36-41)52(39-47)62-45-22-24-70(25-23-45)54(73)10-8-6-4-2-3-5-7-9-11-55(74)71-32-30-68(31-33-71)46-15-13-44(14-16-46)61-51-20-21-53(72)63-58(51)76/h12-19,35-39,45,51,61-62H,2-11,20-34H2,1H3,(H,63,72,76)(H2,64,65,66,75). The Balaban J connectivity index is 0.659. The second-order valence-electron chi connectivity index (χ2n) is 21.1. The average Bonchev–Trinajstić information content (AvgIpc) is 3.82. The number of imide groups is 1. The fourth-order valence-electron chi connectivity index (χ4n) is 10.9. The van der Waals surface area contributed by atoms with E-state index in [2.05, 4.69) is 59.3 Å². The largest absolute Gasteiger partial charge is 0.381 e. The van der Waals surface area contributed by atoms with Gasteiger partial charge in [0.05, 0.1) is 11.1 Å². The number of piperazine rings is 2. The minimum atomic E-state index is -0.630. The van der Waals surface area contributed by atoms with E-state index in [9.17, 15) is 32.8 Å². The Bertz CT molecular complexity index is 2800. The number of carbonyl (C=O) groups excluding carboxylic acids is 5. The number of anilines is 5. The van der Waals surface area contributed by atoms with Crippen molar-refractivity contribution < 1.29 is 32.8 Å². The lowest BCUT2D eigenvalue weighted by atomic mass is 10.0. The zero-order chi connectivity index (χ0) is 53.0. The molecule has 1 atom stereocenters. The van der Waals surface area contributed by atoms with Gasteiger partial charge in [0.1, 0.15) is 17.7 Å². The van der Waals surface area contributed by atoms with Gasteiger partial charge >= 0.3 is 0 Å². The van der Waals surface area contributed by atoms with Crippen molar-refractivity contribution in [2.24, 2.45) is 0 Å². The van der Waals surface area contributed by atoms with E-state index in [-0.39, 0.29) is 35.6 Å². The number of likely N-dealkylation sites (tertiary alicyclic amines) is 1. The number of carbonyl (C=O) groups is 5. The molecule has 0 aliphatic carbocycles. The number of unbranched alkanes of at least 4 members (excludes halogenated alkanes) is 7. The maximum absolute atomic E-state index is 14.1. The normalized spacial score (nSPS) is 17.8. The van der Waals surface area contributed by atoms with Crippen LogP contribution in [0.1, 0.15) is 111 Å². The van der Waals surface area contributed by atoms with E-state index < -0.39 is 17.7 Å². The third kappa shape index (κ3) is 14.4. The number of nitrogens with zero attached hydrogens (tertiary/aromatic N) is 6. The lowest BCUT2D eigenvalue weighted by Gasteiger charge is -2.36. The van der Waals surface area contributed by atoms with Crippen molar-refractivity contribution in [2.45, 2.75) is 108 Å². The number of aromatic nitrogens is 2. The van der Waals surface area contributed by atoms with Gasteiger partial charge in [0.2, 0.25) is 23.6 Å². The first-order chi connectivity index (χ1) is 36.9. The Morgan fingerprint density at radius 2 is 1.24 bits per heavy atom. The SMILES string of the molecule is CN1CCN(c2ccc(C(=O)Nc3n[nH]c4ccc(Cc5cc(F)cc(F)c5)cc34)c(NC3CCN(C(=O)CCCCCCCCCCC(=O)N4CCN(c5ccc(NC6CCC(=O)NC6=O)cc5)CC4)CC3)c2)CC1. The fraction of sp³-hybridized carbons (Fsp3) is 0.483. The summed E-state index contributed by atoms with van der Waals surface area (Å²) < 4.78 is 27.9. The highest BCUT2D eigenvalue weighted by Crippen LogP contribution is 2.31. The molecule has 4 aliphatic rings. The first-order valence-electron chi connectivity index (χ1n) is 27.5. The molecular weight excluding hydrogens is 969 g/mol. The number of likely N-dealkylation sites (N-methyl/N-ethyl adjacent to an activating group) is 1. The van der Waals surface area contributed by atoms with Crippen LogP contribution in [0.3, 0.4) is 0 Å². The number of amides is 5. The van der Waals surface area contributed by atoms with Gasteiger partial charge in [0.15, 0.2) is 5.82 Å². The van der Waals surface area contributed by atoms with E-state index in [0.717, 1.165) is 143 Å². The predicted molar refractivity (Wildman–Crippen MR) is 294 cm³/mol. The molecule has 5 aromatic rings. The monoisotopic (exact) mass is 1040 g/mol. The quantitative estimate of drug-likeness (QED) is 0.0353. The van der Waals surface area contributed by atoms with Gasteiger partial charge in [0, 0.05) is 125 Å². The number of aromatic amines is 1. The number of H-pyrrole nitrogens is 1. The van der Waals surface area contributed by atoms with Crippen LogP contribution in [0.5, 0.6) is 0 Å². The second kappa shape index (κ2) is 25.6. The number of rotatable bonds is 21. The molecule has 9 rings (SSSR count). The van der Waals surface area contributed by atoms with Crippen molar-refractivity contribution in [3.05, 3.63) is 107 Å². The third-order valence-corrected chi connectivity index (χ3v) is 15.5. The van der Waals surface area contributed by atoms with Crippen molar-refractivity contribution in [3.63, 3.8) is 0 Å². The summed E-state index contributed by atoms with van der Waals surface area (Å²) >= 11 is 0. The van der Waals surface area contributed by atoms with Gasteiger partial charge in [-0.25, -0.2) is 8.78 Å². The second-order valence-corrected chi connectivity index (χ2v) is 21.1. The van der Waals surface area contributed by atoms with Crippen LogP contribution in [0, 0.1) is 11.6 Å². The summed E-state index contributed by atoms with van der Waals surface area (Å²) in [6, 6.07) is 22.7. The minimum absolute atomic E-state index is 0.0737. The van der Waals surface area contributed by atoms with Crippen LogP contribution in [-0.2, 0) is 25.6 Å². The molecule has 16 nitrogen and oxygen atoms in total. The number of hydrogen-bond donors (Lipinski definition) is 5. The molecule has 1 aromatic heterocycles. The molecule has 404 valence electrons. The lowest BCUT2D eigenvalue weighted by Crippen LogP contribution is -2.48. The average molecular weight is 1040 g/mol. The van der Waals surface area contributed by atoms with E-state index in [1.165, 1.54) is 12.1 Å². The summed E-state index contributed by atoms with van der Waals surface area (Å²) in [4.78, 5) is 74.9. The van der Waals surface area contributed by atoms with Gasteiger partial charge in [-0.3, -0.25) is 34.4 Å². The van der Waals surface area contributed by atoms with Crippen molar-refractivity contribution in [1.29, 1.82) is 0 Å². The van der Waals surface area contributed by atoms with Crippen LogP contribution >= 0.6 is 0 Å². The van der Waals surface area contributed by atoms with Crippen LogP contribution in [-0.4, -0.2) is 139 Å². The van der Waals surface area contributed by atoms with Gasteiger partial charge in [-0.05, 0) is 123 Å². The highest BCUT2D eigenvalue weighted by molar-refractivity contribution is 6.11. The number of halogens is 2. The Kier molecular flexibility index (Phi) is 18.1. The van der Waals surface area contributed by atoms with Crippen molar-refractivity contribution in [2.75, 3.05) is 98.2 Å². The molecule has 18 heteroatoms. The highest BCUT2D eigenvalue weighted by Gasteiger charge is 2.28. The molecule has 76 heavy (non-hydrogen) atoms. The van der Waals surface area contributed by atoms with Crippen LogP contribution < -0.4 is 31.1 Å². The maximum atomic E-state index is 14.1. The van der Waals surface area contributed by atoms with Crippen LogP contribution in [0.2, 0.25) is 0 Å². The maximum Gasteiger partial charge on any atom is 0.258 e. The summed E-state index contributed by atoms with van der Waals surface area (Å²) in [5, 5.41) is 20.4. The fourth-order valence-corrected chi connectivity index (χ4v) is 10.9. The van der Waals surface area contributed by atoms with E-state index in [1.54, 1.807) is 0 Å². The molecule has 4 aliphatic heterocycles. The van der Waals surface area contributed by atoms with Gasteiger partial charge < -0.3 is 40.4 Å².